The highest BCUT2D eigenvalue weighted by atomic mass is 32.1. The molecule has 0 saturated heterocycles. The van der Waals surface area contributed by atoms with Crippen LogP contribution in [0.2, 0.25) is 0 Å². The van der Waals surface area contributed by atoms with Crippen molar-refractivity contribution in [2.45, 2.75) is 33.4 Å². The van der Waals surface area contributed by atoms with E-state index in [-0.39, 0.29) is 5.75 Å². The Morgan fingerprint density at radius 1 is 1.31 bits per heavy atom. The van der Waals surface area contributed by atoms with Gasteiger partial charge in [0.15, 0.2) is 5.96 Å². The molecule has 1 N–H and O–H groups in total. The molecule has 5 nitrogen and oxygen atoms in total. The first-order valence-corrected chi connectivity index (χ1v) is 9.09. The Morgan fingerprint density at radius 3 is 2.54 bits per heavy atom. The van der Waals surface area contributed by atoms with E-state index in [1.165, 1.54) is 4.88 Å². The van der Waals surface area contributed by atoms with E-state index in [1.54, 1.807) is 42.6 Å². The summed E-state index contributed by atoms with van der Waals surface area (Å²) in [4.78, 5) is 12.0. The van der Waals surface area contributed by atoms with Crippen LogP contribution in [0.5, 0.6) is 5.75 Å². The summed E-state index contributed by atoms with van der Waals surface area (Å²) in [7, 11) is 3.67. The normalized spacial score (nSPS) is 11.7. The number of guanidine groups is 1. The number of aliphatic imine (C=N–C) groups is 1. The predicted molar refractivity (Wildman–Crippen MR) is 101 cm³/mol. The minimum Gasteiger partial charge on any atom is -0.435 e. The van der Waals surface area contributed by atoms with Crippen LogP contribution in [-0.2, 0) is 13.0 Å². The Kier molecular flexibility index (Phi) is 7.32. The number of hydrogen-bond acceptors (Lipinski definition) is 4. The molecule has 142 valence electrons. The maximum absolute atomic E-state index is 12.2. The Balaban J connectivity index is 1.86. The number of thiazole rings is 1. The van der Waals surface area contributed by atoms with Crippen LogP contribution in [0.25, 0.3) is 0 Å². The van der Waals surface area contributed by atoms with Gasteiger partial charge in [-0.05, 0) is 31.5 Å². The summed E-state index contributed by atoms with van der Waals surface area (Å²) in [6.07, 6.45) is 0.893. The highest BCUT2D eigenvalue weighted by molar-refractivity contribution is 7.11. The molecular weight excluding hydrogens is 358 g/mol. The van der Waals surface area contributed by atoms with Gasteiger partial charge in [-0.3, -0.25) is 4.99 Å². The van der Waals surface area contributed by atoms with Gasteiger partial charge in [0, 0.05) is 38.5 Å². The van der Waals surface area contributed by atoms with Gasteiger partial charge in [0.2, 0.25) is 0 Å². The molecule has 0 unspecified atom stereocenters. The van der Waals surface area contributed by atoms with Crippen molar-refractivity contribution in [3.8, 4) is 5.75 Å². The zero-order valence-corrected chi connectivity index (χ0v) is 16.2. The summed E-state index contributed by atoms with van der Waals surface area (Å²) < 4.78 is 28.7. The molecule has 2 rings (SSSR count). The van der Waals surface area contributed by atoms with Crippen LogP contribution >= 0.6 is 11.3 Å². The molecule has 0 aliphatic carbocycles. The van der Waals surface area contributed by atoms with Gasteiger partial charge < -0.3 is 15.0 Å². The first-order valence-electron chi connectivity index (χ1n) is 8.27. The molecule has 0 aliphatic heterocycles. The van der Waals surface area contributed by atoms with Crippen LogP contribution in [0.4, 0.5) is 8.78 Å². The van der Waals surface area contributed by atoms with Crippen molar-refractivity contribution < 1.29 is 13.5 Å². The highest BCUT2D eigenvalue weighted by Gasteiger charge is 2.09. The van der Waals surface area contributed by atoms with Gasteiger partial charge in [-0.1, -0.05) is 12.1 Å². The third kappa shape index (κ3) is 5.94. The van der Waals surface area contributed by atoms with E-state index in [1.807, 2.05) is 25.8 Å². The van der Waals surface area contributed by atoms with E-state index in [9.17, 15) is 8.78 Å². The van der Waals surface area contributed by atoms with E-state index in [0.717, 1.165) is 35.2 Å². The molecule has 1 aromatic heterocycles. The van der Waals surface area contributed by atoms with Crippen molar-refractivity contribution in [1.82, 2.24) is 15.2 Å². The standard InChI is InChI=1S/C18H24F2N4OS/c1-12-16(26-13(2)23-12)9-10-22-18(21-3)24(4)11-14-5-7-15(8-6-14)25-17(19)20/h5-8,17H,9-11H2,1-4H3,(H,21,22). The molecule has 1 aromatic carbocycles. The molecule has 0 bridgehead atoms. The van der Waals surface area contributed by atoms with Crippen LogP contribution in [-0.4, -0.2) is 43.1 Å². The second-order valence-electron chi connectivity index (χ2n) is 5.84. The largest absolute Gasteiger partial charge is 0.435 e. The summed E-state index contributed by atoms with van der Waals surface area (Å²) in [6, 6.07) is 6.62. The summed E-state index contributed by atoms with van der Waals surface area (Å²) in [5.74, 6) is 0.931. The van der Waals surface area contributed by atoms with Gasteiger partial charge >= 0.3 is 6.61 Å². The topological polar surface area (TPSA) is 49.8 Å². The van der Waals surface area contributed by atoms with E-state index in [4.69, 9.17) is 0 Å². The molecule has 2 aromatic rings. The number of nitrogens with one attached hydrogen (secondary N) is 1. The van der Waals surface area contributed by atoms with E-state index in [0.29, 0.717) is 6.54 Å². The molecule has 26 heavy (non-hydrogen) atoms. The first kappa shape index (κ1) is 20.1. The average Bonchev–Trinajstić information content (AvgIpc) is 2.90. The Labute approximate surface area is 156 Å². The fraction of sp³-hybridized carbons (Fsp3) is 0.444. The molecule has 0 amide bonds. The predicted octanol–water partition coefficient (Wildman–Crippen LogP) is 3.61. The number of alkyl halides is 2. The van der Waals surface area contributed by atoms with Crippen molar-refractivity contribution in [2.75, 3.05) is 20.6 Å². The lowest BCUT2D eigenvalue weighted by atomic mass is 10.2. The minimum atomic E-state index is -2.81. The second-order valence-corrected chi connectivity index (χ2v) is 7.13. The fourth-order valence-electron chi connectivity index (χ4n) is 2.60. The minimum absolute atomic E-state index is 0.157. The maximum Gasteiger partial charge on any atom is 0.387 e. The highest BCUT2D eigenvalue weighted by Crippen LogP contribution is 2.17. The molecule has 0 spiro atoms. The SMILES string of the molecule is CN=C(NCCc1sc(C)nc1C)N(C)Cc1ccc(OC(F)F)cc1. The van der Waals surface area contributed by atoms with Gasteiger partial charge in [-0.15, -0.1) is 11.3 Å². The molecule has 0 aliphatic rings. The molecule has 1 heterocycles. The van der Waals surface area contributed by atoms with Crippen molar-refractivity contribution >= 4 is 17.3 Å². The lowest BCUT2D eigenvalue weighted by Gasteiger charge is -2.22. The zero-order chi connectivity index (χ0) is 19.1. The van der Waals surface area contributed by atoms with Crippen molar-refractivity contribution in [1.29, 1.82) is 0 Å². The molecule has 0 atom stereocenters. The van der Waals surface area contributed by atoms with Gasteiger partial charge in [0.1, 0.15) is 5.75 Å². The first-order chi connectivity index (χ1) is 12.4. The van der Waals surface area contributed by atoms with Gasteiger partial charge in [0.25, 0.3) is 0 Å². The van der Waals surface area contributed by atoms with Gasteiger partial charge in [0.05, 0.1) is 10.7 Å². The monoisotopic (exact) mass is 382 g/mol. The maximum atomic E-state index is 12.2. The summed E-state index contributed by atoms with van der Waals surface area (Å²) in [6.45, 7) is 2.60. The number of halogens is 2. The van der Waals surface area contributed by atoms with Crippen molar-refractivity contribution in [2.24, 2.45) is 4.99 Å². The number of rotatable bonds is 7. The molecule has 8 heteroatoms. The van der Waals surface area contributed by atoms with Crippen LogP contribution in [0.1, 0.15) is 21.1 Å². The lowest BCUT2D eigenvalue weighted by Crippen LogP contribution is -2.39. The molecule has 0 radical (unpaired) electrons. The Hall–Kier alpha value is -2.22. The Bertz CT molecular complexity index is 731. The average molecular weight is 382 g/mol. The van der Waals surface area contributed by atoms with Crippen molar-refractivity contribution in [3.63, 3.8) is 0 Å². The van der Waals surface area contributed by atoms with Crippen molar-refractivity contribution in [3.05, 3.63) is 45.4 Å². The van der Waals surface area contributed by atoms with E-state index in [2.05, 4.69) is 20.0 Å². The number of hydrogen-bond donors (Lipinski definition) is 1. The third-order valence-electron chi connectivity index (χ3n) is 3.78. The number of nitrogens with zero attached hydrogens (tertiary/aromatic N) is 3. The summed E-state index contributed by atoms with van der Waals surface area (Å²) in [5.41, 5.74) is 2.06. The van der Waals surface area contributed by atoms with Crippen LogP contribution in [0.3, 0.4) is 0 Å². The third-order valence-corrected chi connectivity index (χ3v) is 4.91. The van der Waals surface area contributed by atoms with Gasteiger partial charge in [-0.2, -0.15) is 8.78 Å². The van der Waals surface area contributed by atoms with Crippen LogP contribution in [0.15, 0.2) is 29.3 Å². The second kappa shape index (κ2) is 9.47. The van der Waals surface area contributed by atoms with E-state index < -0.39 is 6.61 Å². The Morgan fingerprint density at radius 2 is 2.00 bits per heavy atom. The number of ether oxygens (including phenoxy) is 1. The molecule has 0 saturated carbocycles. The quantitative estimate of drug-likeness (QED) is 0.587. The molecule has 0 fully saturated rings. The van der Waals surface area contributed by atoms with Crippen LogP contribution < -0.4 is 10.1 Å². The smallest absolute Gasteiger partial charge is 0.387 e. The number of aromatic nitrogens is 1. The summed E-state index contributed by atoms with van der Waals surface area (Å²) in [5, 5.41) is 4.42. The van der Waals surface area contributed by atoms with E-state index >= 15 is 0 Å². The lowest BCUT2D eigenvalue weighted by molar-refractivity contribution is -0.0498. The number of benzene rings is 1. The summed E-state index contributed by atoms with van der Waals surface area (Å²) >= 11 is 1.72. The fourth-order valence-corrected chi connectivity index (χ4v) is 3.54. The molecular formula is C18H24F2N4OS. The van der Waals surface area contributed by atoms with Crippen LogP contribution in [0, 0.1) is 13.8 Å². The number of aryl methyl sites for hydroxylation is 2. The van der Waals surface area contributed by atoms with Gasteiger partial charge in [-0.25, -0.2) is 4.98 Å². The zero-order valence-electron chi connectivity index (χ0n) is 15.4.